The summed E-state index contributed by atoms with van der Waals surface area (Å²) < 4.78 is 0. The Morgan fingerprint density at radius 2 is 2.00 bits per heavy atom. The molecule has 0 aliphatic heterocycles. The van der Waals surface area contributed by atoms with Crippen LogP contribution in [0.4, 0.5) is 5.69 Å². The summed E-state index contributed by atoms with van der Waals surface area (Å²) in [5.74, 6) is 0.225. The van der Waals surface area contributed by atoms with Crippen molar-refractivity contribution in [3.8, 4) is 0 Å². The Hall–Kier alpha value is -1.71. The van der Waals surface area contributed by atoms with Gasteiger partial charge in [0.2, 0.25) is 5.91 Å². The summed E-state index contributed by atoms with van der Waals surface area (Å²) in [5, 5.41) is 0. The van der Waals surface area contributed by atoms with Crippen LogP contribution in [0.2, 0.25) is 0 Å². The maximum absolute atomic E-state index is 11.7. The second kappa shape index (κ2) is 6.13. The van der Waals surface area contributed by atoms with Gasteiger partial charge in [0.25, 0.3) is 0 Å². The van der Waals surface area contributed by atoms with Gasteiger partial charge in [-0.05, 0) is 24.5 Å². The van der Waals surface area contributed by atoms with E-state index in [0.717, 1.165) is 6.29 Å². The molecule has 1 rings (SSSR count). The third kappa shape index (κ3) is 3.66. The van der Waals surface area contributed by atoms with Gasteiger partial charge in [0.15, 0.2) is 0 Å². The van der Waals surface area contributed by atoms with Crippen LogP contribution >= 0.6 is 0 Å². The van der Waals surface area contributed by atoms with Gasteiger partial charge in [-0.3, -0.25) is 9.78 Å². The van der Waals surface area contributed by atoms with Gasteiger partial charge in [-0.1, -0.05) is 13.8 Å². The molecule has 92 valence electrons. The molecule has 4 heteroatoms. The van der Waals surface area contributed by atoms with Crippen LogP contribution in [-0.4, -0.2) is 23.2 Å². The number of nitrogens with zero attached hydrogens (tertiary/aromatic N) is 2. The molecule has 0 fully saturated rings. The van der Waals surface area contributed by atoms with Gasteiger partial charge < -0.3 is 9.69 Å². The van der Waals surface area contributed by atoms with Gasteiger partial charge in [0.05, 0.1) is 6.04 Å². The standard InChI is InChI=1S/C13H18N2O2/c1-10(2)8-13(9-16)15(11(3)17)12-4-6-14-7-5-12/h4-7,9-10,13H,8H2,1-3H3/t13-/m0/s1. The van der Waals surface area contributed by atoms with Crippen LogP contribution in [0.3, 0.4) is 0 Å². The van der Waals surface area contributed by atoms with Crippen molar-refractivity contribution in [1.82, 2.24) is 4.98 Å². The molecule has 1 aromatic rings. The normalized spacial score (nSPS) is 12.2. The first-order valence-electron chi connectivity index (χ1n) is 5.71. The maximum atomic E-state index is 11.7. The smallest absolute Gasteiger partial charge is 0.224 e. The van der Waals surface area contributed by atoms with E-state index in [-0.39, 0.29) is 5.91 Å². The lowest BCUT2D eigenvalue weighted by atomic mass is 10.0. The molecular formula is C13H18N2O2. The molecule has 0 saturated heterocycles. The Labute approximate surface area is 102 Å². The summed E-state index contributed by atoms with van der Waals surface area (Å²) in [5.41, 5.74) is 0.713. The number of rotatable bonds is 5. The van der Waals surface area contributed by atoms with E-state index in [1.165, 1.54) is 11.8 Å². The summed E-state index contributed by atoms with van der Waals surface area (Å²) >= 11 is 0. The van der Waals surface area contributed by atoms with Crippen molar-refractivity contribution in [2.24, 2.45) is 5.92 Å². The summed E-state index contributed by atoms with van der Waals surface area (Å²) in [6.45, 7) is 5.53. The third-order valence-corrected chi connectivity index (χ3v) is 2.48. The lowest BCUT2D eigenvalue weighted by molar-refractivity contribution is -0.119. The Kier molecular flexibility index (Phi) is 4.82. The number of hydrogen-bond donors (Lipinski definition) is 0. The molecule has 17 heavy (non-hydrogen) atoms. The molecule has 0 N–H and O–H groups in total. The van der Waals surface area contributed by atoms with E-state index >= 15 is 0 Å². The van der Waals surface area contributed by atoms with Crippen LogP contribution in [0.15, 0.2) is 24.5 Å². The van der Waals surface area contributed by atoms with Crippen molar-refractivity contribution >= 4 is 17.9 Å². The van der Waals surface area contributed by atoms with Gasteiger partial charge in [-0.2, -0.15) is 0 Å². The number of aromatic nitrogens is 1. The molecule has 1 amide bonds. The van der Waals surface area contributed by atoms with E-state index in [1.807, 2.05) is 13.8 Å². The predicted octanol–water partition coefficient (Wildman–Crippen LogP) is 2.05. The SMILES string of the molecule is CC(=O)N(c1ccncc1)[C@H](C=O)CC(C)C. The number of hydrogen-bond acceptors (Lipinski definition) is 3. The quantitative estimate of drug-likeness (QED) is 0.733. The number of anilines is 1. The summed E-state index contributed by atoms with van der Waals surface area (Å²) in [6.07, 6.45) is 4.72. The first-order valence-corrected chi connectivity index (χ1v) is 5.71. The highest BCUT2D eigenvalue weighted by Gasteiger charge is 2.22. The minimum atomic E-state index is -0.408. The fraction of sp³-hybridized carbons (Fsp3) is 0.462. The van der Waals surface area contributed by atoms with Crippen LogP contribution in [0.5, 0.6) is 0 Å². The van der Waals surface area contributed by atoms with Gasteiger partial charge in [-0.15, -0.1) is 0 Å². The lowest BCUT2D eigenvalue weighted by Crippen LogP contribution is -2.41. The minimum Gasteiger partial charge on any atom is -0.302 e. The first kappa shape index (κ1) is 13.4. The molecule has 1 heterocycles. The van der Waals surface area contributed by atoms with Crippen molar-refractivity contribution < 1.29 is 9.59 Å². The largest absolute Gasteiger partial charge is 0.302 e. The number of aldehydes is 1. The van der Waals surface area contributed by atoms with E-state index in [2.05, 4.69) is 4.98 Å². The predicted molar refractivity (Wildman–Crippen MR) is 66.7 cm³/mol. The van der Waals surface area contributed by atoms with Gasteiger partial charge in [-0.25, -0.2) is 0 Å². The van der Waals surface area contributed by atoms with Crippen LogP contribution in [0, 0.1) is 5.92 Å². The molecule has 0 saturated carbocycles. The fourth-order valence-electron chi connectivity index (χ4n) is 1.82. The second-order valence-corrected chi connectivity index (χ2v) is 4.43. The van der Waals surface area contributed by atoms with E-state index in [0.29, 0.717) is 18.0 Å². The van der Waals surface area contributed by atoms with E-state index in [4.69, 9.17) is 0 Å². The zero-order valence-corrected chi connectivity index (χ0v) is 10.5. The molecule has 0 unspecified atom stereocenters. The van der Waals surface area contributed by atoms with Crippen LogP contribution in [-0.2, 0) is 9.59 Å². The zero-order chi connectivity index (χ0) is 12.8. The van der Waals surface area contributed by atoms with Crippen molar-refractivity contribution in [2.75, 3.05) is 4.90 Å². The molecule has 0 aliphatic rings. The highest BCUT2D eigenvalue weighted by Crippen LogP contribution is 2.19. The van der Waals surface area contributed by atoms with Crippen molar-refractivity contribution in [2.45, 2.75) is 33.2 Å². The van der Waals surface area contributed by atoms with Gasteiger partial charge in [0, 0.05) is 25.0 Å². The van der Waals surface area contributed by atoms with E-state index in [9.17, 15) is 9.59 Å². The summed E-state index contributed by atoms with van der Waals surface area (Å²) in [4.78, 5) is 28.3. The van der Waals surface area contributed by atoms with Crippen molar-refractivity contribution in [3.63, 3.8) is 0 Å². The second-order valence-electron chi connectivity index (χ2n) is 4.43. The molecule has 0 bridgehead atoms. The zero-order valence-electron chi connectivity index (χ0n) is 10.5. The summed E-state index contributed by atoms with van der Waals surface area (Å²) in [6, 6.07) is 3.06. The highest BCUT2D eigenvalue weighted by atomic mass is 16.2. The van der Waals surface area contributed by atoms with Gasteiger partial charge in [0.1, 0.15) is 6.29 Å². The Morgan fingerprint density at radius 3 is 2.41 bits per heavy atom. The number of carbonyl (C=O) groups is 2. The molecule has 1 aromatic heterocycles. The molecule has 0 spiro atoms. The summed E-state index contributed by atoms with van der Waals surface area (Å²) in [7, 11) is 0. The average Bonchev–Trinajstić information content (AvgIpc) is 2.28. The maximum Gasteiger partial charge on any atom is 0.224 e. The fourth-order valence-corrected chi connectivity index (χ4v) is 1.82. The topological polar surface area (TPSA) is 50.3 Å². The van der Waals surface area contributed by atoms with E-state index in [1.54, 1.807) is 24.5 Å². The Balaban J connectivity index is 2.99. The molecule has 0 aliphatic carbocycles. The first-order chi connectivity index (χ1) is 8.06. The number of carbonyl (C=O) groups excluding carboxylic acids is 2. The Bertz CT molecular complexity index is 376. The molecule has 4 nitrogen and oxygen atoms in total. The molecule has 0 aromatic carbocycles. The van der Waals surface area contributed by atoms with Crippen LogP contribution < -0.4 is 4.90 Å². The van der Waals surface area contributed by atoms with E-state index < -0.39 is 6.04 Å². The van der Waals surface area contributed by atoms with Crippen molar-refractivity contribution in [1.29, 1.82) is 0 Å². The monoisotopic (exact) mass is 234 g/mol. The Morgan fingerprint density at radius 1 is 1.41 bits per heavy atom. The average molecular weight is 234 g/mol. The number of amides is 1. The lowest BCUT2D eigenvalue weighted by Gasteiger charge is -2.28. The van der Waals surface area contributed by atoms with Crippen LogP contribution in [0.1, 0.15) is 27.2 Å². The highest BCUT2D eigenvalue weighted by molar-refractivity contribution is 5.95. The third-order valence-electron chi connectivity index (χ3n) is 2.48. The van der Waals surface area contributed by atoms with Gasteiger partial charge >= 0.3 is 0 Å². The van der Waals surface area contributed by atoms with Crippen molar-refractivity contribution in [3.05, 3.63) is 24.5 Å². The molecule has 1 atom stereocenters. The molecule has 0 radical (unpaired) electrons. The molecular weight excluding hydrogens is 216 g/mol. The van der Waals surface area contributed by atoms with Crippen LogP contribution in [0.25, 0.3) is 0 Å². The minimum absolute atomic E-state index is 0.131. The number of pyridine rings is 1.